The van der Waals surface area contributed by atoms with E-state index in [9.17, 15) is 8.42 Å². The van der Waals surface area contributed by atoms with Crippen molar-refractivity contribution in [1.82, 2.24) is 4.72 Å². The average Bonchev–Trinajstić information content (AvgIpc) is 2.93. The number of hydrogen-bond donors (Lipinski definition) is 1. The number of ether oxygens (including phenoxy) is 2. The van der Waals surface area contributed by atoms with Crippen LogP contribution in [0, 0.1) is 0 Å². The van der Waals surface area contributed by atoms with E-state index in [4.69, 9.17) is 9.47 Å². The van der Waals surface area contributed by atoms with Gasteiger partial charge in [-0.25, -0.2) is 8.42 Å². The molecule has 0 aromatic heterocycles. The zero-order valence-corrected chi connectivity index (χ0v) is 18.1. The van der Waals surface area contributed by atoms with Crippen LogP contribution in [0.2, 0.25) is 0 Å². The van der Waals surface area contributed by atoms with Gasteiger partial charge in [0, 0.05) is 11.1 Å². The molecule has 1 aliphatic rings. The van der Waals surface area contributed by atoms with Crippen LogP contribution in [0.4, 0.5) is 0 Å². The molecular formula is C22H26N2O4S. The van der Waals surface area contributed by atoms with Gasteiger partial charge in [0.15, 0.2) is 11.5 Å². The van der Waals surface area contributed by atoms with Gasteiger partial charge >= 0.3 is 0 Å². The minimum absolute atomic E-state index is 0.259. The number of nitrogens with one attached hydrogen (secondary N) is 1. The molecule has 0 radical (unpaired) electrons. The predicted octanol–water partition coefficient (Wildman–Crippen LogP) is 4.09. The summed E-state index contributed by atoms with van der Waals surface area (Å²) in [6.45, 7) is 6.23. The Morgan fingerprint density at radius 2 is 1.72 bits per heavy atom. The molecule has 2 aromatic carbocycles. The first-order valence-electron chi connectivity index (χ1n) is 9.37. The van der Waals surface area contributed by atoms with Gasteiger partial charge in [-0.1, -0.05) is 50.2 Å². The Bertz CT molecular complexity index is 1070. The summed E-state index contributed by atoms with van der Waals surface area (Å²) in [5.41, 5.74) is 3.23. The van der Waals surface area contributed by atoms with Crippen molar-refractivity contribution in [2.45, 2.75) is 33.2 Å². The van der Waals surface area contributed by atoms with E-state index in [2.05, 4.69) is 23.6 Å². The van der Waals surface area contributed by atoms with Crippen molar-refractivity contribution in [1.29, 1.82) is 0 Å². The predicted molar refractivity (Wildman–Crippen MR) is 116 cm³/mol. The molecule has 0 fully saturated rings. The number of para-hydroxylation sites is 1. The van der Waals surface area contributed by atoms with Crippen LogP contribution in [0.3, 0.4) is 0 Å². The molecule has 0 bridgehead atoms. The summed E-state index contributed by atoms with van der Waals surface area (Å²) in [6, 6.07) is 13.2. The van der Waals surface area contributed by atoms with Crippen molar-refractivity contribution in [3.8, 4) is 11.5 Å². The van der Waals surface area contributed by atoms with E-state index in [1.807, 2.05) is 36.4 Å². The van der Waals surface area contributed by atoms with E-state index in [0.717, 1.165) is 11.1 Å². The molecule has 0 aliphatic carbocycles. The normalized spacial score (nSPS) is 17.0. The van der Waals surface area contributed by atoms with Crippen molar-refractivity contribution < 1.29 is 17.9 Å². The number of amidine groups is 1. The molecule has 7 heteroatoms. The Hall–Kier alpha value is -2.80. The lowest BCUT2D eigenvalue weighted by Gasteiger charge is -2.11. The van der Waals surface area contributed by atoms with E-state index < -0.39 is 10.0 Å². The standard InChI is InChI=1S/C22H26N2O4S/c1-14(2)16-9-11-17(12-10-16)21-15(3)22(24-29(21,25)26)23-13-18-7-6-8-19(27-4)20(18)28-5/h6-12,14H,13H2,1-5H3,(H,23,24). The molecular weight excluding hydrogens is 388 g/mol. The van der Waals surface area contributed by atoms with E-state index in [1.54, 1.807) is 27.2 Å². The fraction of sp³-hybridized carbons (Fsp3) is 0.318. The van der Waals surface area contributed by atoms with E-state index in [0.29, 0.717) is 34.4 Å². The number of methoxy groups -OCH3 is 2. The molecule has 2 aromatic rings. The highest BCUT2D eigenvalue weighted by atomic mass is 32.2. The number of nitrogens with zero attached hydrogens (tertiary/aromatic N) is 1. The summed E-state index contributed by atoms with van der Waals surface area (Å²) < 4.78 is 38.8. The highest BCUT2D eigenvalue weighted by Gasteiger charge is 2.32. The molecule has 0 saturated carbocycles. The summed E-state index contributed by atoms with van der Waals surface area (Å²) in [5, 5.41) is 0. The first-order valence-corrected chi connectivity index (χ1v) is 10.9. The summed E-state index contributed by atoms with van der Waals surface area (Å²) in [6.07, 6.45) is 0. The largest absolute Gasteiger partial charge is 0.493 e. The first kappa shape index (κ1) is 20.9. The minimum Gasteiger partial charge on any atom is -0.493 e. The molecule has 1 aliphatic heterocycles. The number of aliphatic imine (C=N–C) groups is 1. The van der Waals surface area contributed by atoms with Crippen molar-refractivity contribution in [3.63, 3.8) is 0 Å². The van der Waals surface area contributed by atoms with Crippen LogP contribution in [0.25, 0.3) is 4.91 Å². The molecule has 0 spiro atoms. The maximum atomic E-state index is 12.7. The summed E-state index contributed by atoms with van der Waals surface area (Å²) in [7, 11) is -0.523. The molecule has 0 amide bonds. The lowest BCUT2D eigenvalue weighted by molar-refractivity contribution is 0.352. The van der Waals surface area contributed by atoms with E-state index in [-0.39, 0.29) is 11.4 Å². The highest BCUT2D eigenvalue weighted by molar-refractivity contribution is 8.00. The van der Waals surface area contributed by atoms with Crippen molar-refractivity contribution in [2.75, 3.05) is 14.2 Å². The second-order valence-electron chi connectivity index (χ2n) is 7.15. The number of sulfonamides is 1. The van der Waals surface area contributed by atoms with Gasteiger partial charge in [-0.05, 0) is 30.0 Å². The molecule has 1 heterocycles. The van der Waals surface area contributed by atoms with E-state index >= 15 is 0 Å². The van der Waals surface area contributed by atoms with Crippen LogP contribution in [-0.2, 0) is 16.6 Å². The van der Waals surface area contributed by atoms with Crippen molar-refractivity contribution in [3.05, 3.63) is 64.7 Å². The SMILES string of the molecule is COc1cccc(CN=C2NS(=O)(=O)C(c3ccc(C(C)C)cc3)=C2C)c1OC. The molecule has 0 atom stereocenters. The Morgan fingerprint density at radius 3 is 2.31 bits per heavy atom. The van der Waals surface area contributed by atoms with Crippen LogP contribution >= 0.6 is 0 Å². The van der Waals surface area contributed by atoms with Gasteiger partial charge in [-0.2, -0.15) is 0 Å². The van der Waals surface area contributed by atoms with Gasteiger partial charge in [0.05, 0.1) is 20.8 Å². The summed E-state index contributed by atoms with van der Waals surface area (Å²) in [4.78, 5) is 4.78. The van der Waals surface area contributed by atoms with Crippen molar-refractivity contribution >= 4 is 20.8 Å². The van der Waals surface area contributed by atoms with Gasteiger partial charge in [0.1, 0.15) is 10.7 Å². The Morgan fingerprint density at radius 1 is 1.03 bits per heavy atom. The van der Waals surface area contributed by atoms with Crippen LogP contribution in [-0.4, -0.2) is 28.5 Å². The molecule has 154 valence electrons. The smallest absolute Gasteiger partial charge is 0.264 e. The van der Waals surface area contributed by atoms with Crippen LogP contribution < -0.4 is 14.2 Å². The Balaban J connectivity index is 1.96. The number of benzene rings is 2. The second kappa shape index (κ2) is 8.29. The van der Waals surface area contributed by atoms with Crippen LogP contribution in [0.15, 0.2) is 53.0 Å². The van der Waals surface area contributed by atoms with Gasteiger partial charge in [-0.3, -0.25) is 9.71 Å². The quantitative estimate of drug-likeness (QED) is 0.772. The third kappa shape index (κ3) is 4.15. The molecule has 29 heavy (non-hydrogen) atoms. The number of hydrogen-bond acceptors (Lipinski definition) is 5. The molecule has 3 rings (SSSR count). The summed E-state index contributed by atoms with van der Waals surface area (Å²) in [5.74, 6) is 1.92. The maximum Gasteiger partial charge on any atom is 0.264 e. The van der Waals surface area contributed by atoms with Crippen LogP contribution in [0.1, 0.15) is 43.4 Å². The second-order valence-corrected chi connectivity index (χ2v) is 8.77. The lowest BCUT2D eigenvalue weighted by atomic mass is 10.0. The maximum absolute atomic E-state index is 12.7. The van der Waals surface area contributed by atoms with Gasteiger partial charge in [0.25, 0.3) is 10.0 Å². The Labute approximate surface area is 172 Å². The topological polar surface area (TPSA) is 77.0 Å². The lowest BCUT2D eigenvalue weighted by Crippen LogP contribution is -2.23. The number of rotatable bonds is 6. The fourth-order valence-electron chi connectivity index (χ4n) is 3.35. The van der Waals surface area contributed by atoms with Gasteiger partial charge in [-0.15, -0.1) is 0 Å². The monoisotopic (exact) mass is 414 g/mol. The minimum atomic E-state index is -3.66. The van der Waals surface area contributed by atoms with Crippen molar-refractivity contribution in [2.24, 2.45) is 4.99 Å². The molecule has 1 N–H and O–H groups in total. The molecule has 0 unspecified atom stereocenters. The van der Waals surface area contributed by atoms with Gasteiger partial charge in [0.2, 0.25) is 0 Å². The third-order valence-electron chi connectivity index (χ3n) is 4.93. The first-order chi connectivity index (χ1) is 13.8. The average molecular weight is 415 g/mol. The third-order valence-corrected chi connectivity index (χ3v) is 6.47. The zero-order valence-electron chi connectivity index (χ0n) is 17.3. The molecule has 0 saturated heterocycles. The highest BCUT2D eigenvalue weighted by Crippen LogP contribution is 2.33. The van der Waals surface area contributed by atoms with Crippen LogP contribution in [0.5, 0.6) is 11.5 Å². The van der Waals surface area contributed by atoms with Gasteiger partial charge < -0.3 is 9.47 Å². The zero-order chi connectivity index (χ0) is 21.2. The summed E-state index contributed by atoms with van der Waals surface area (Å²) >= 11 is 0. The van der Waals surface area contributed by atoms with E-state index in [1.165, 1.54) is 0 Å². The molecule has 6 nitrogen and oxygen atoms in total. The fourth-order valence-corrected chi connectivity index (χ4v) is 4.87. The Kier molecular flexibility index (Phi) is 5.98.